The first-order valence-corrected chi connectivity index (χ1v) is 11.1. The number of hydrogen-bond acceptors (Lipinski definition) is 5. The number of H-pyrrole nitrogens is 1. The lowest BCUT2D eigenvalue weighted by molar-refractivity contribution is 0.0301. The van der Waals surface area contributed by atoms with Gasteiger partial charge in [-0.1, -0.05) is 12.1 Å². The van der Waals surface area contributed by atoms with E-state index in [0.717, 1.165) is 68.9 Å². The van der Waals surface area contributed by atoms with Gasteiger partial charge in [0.25, 0.3) is 5.91 Å². The molecular formula is C23H30N4O3. The normalized spacial score (nSPS) is 22.0. The van der Waals surface area contributed by atoms with E-state index in [4.69, 9.17) is 9.47 Å². The van der Waals surface area contributed by atoms with Crippen LogP contribution in [0.3, 0.4) is 0 Å². The molecule has 0 unspecified atom stereocenters. The summed E-state index contributed by atoms with van der Waals surface area (Å²) in [6, 6.07) is 6.61. The highest BCUT2D eigenvalue weighted by Gasteiger charge is 2.29. The predicted molar refractivity (Wildman–Crippen MR) is 113 cm³/mol. The number of amides is 1. The Morgan fingerprint density at radius 1 is 1.20 bits per heavy atom. The first-order valence-electron chi connectivity index (χ1n) is 11.1. The zero-order valence-corrected chi connectivity index (χ0v) is 17.4. The summed E-state index contributed by atoms with van der Waals surface area (Å²) in [5.74, 6) is 1.46. The topological polar surface area (TPSA) is 70.7 Å². The molecule has 0 saturated carbocycles. The van der Waals surface area contributed by atoms with Crippen LogP contribution in [0, 0.1) is 0 Å². The van der Waals surface area contributed by atoms with Crippen LogP contribution < -0.4 is 4.74 Å². The number of hydrogen-bond donors (Lipinski definition) is 1. The Hall–Kier alpha value is -2.38. The molecule has 5 rings (SSSR count). The number of carbonyl (C=O) groups excluding carboxylic acids is 1. The Kier molecular flexibility index (Phi) is 5.73. The summed E-state index contributed by atoms with van der Waals surface area (Å²) >= 11 is 0. The molecule has 1 N–H and O–H groups in total. The van der Waals surface area contributed by atoms with Gasteiger partial charge in [-0.2, -0.15) is 5.10 Å². The number of ether oxygens (including phenoxy) is 2. The molecule has 2 saturated heterocycles. The van der Waals surface area contributed by atoms with Gasteiger partial charge in [0.05, 0.1) is 37.3 Å². The van der Waals surface area contributed by atoms with Crippen LogP contribution in [0.2, 0.25) is 0 Å². The molecule has 30 heavy (non-hydrogen) atoms. The lowest BCUT2D eigenvalue weighted by atomic mass is 9.92. The van der Waals surface area contributed by atoms with E-state index in [1.165, 1.54) is 11.1 Å². The smallest absolute Gasteiger partial charge is 0.257 e. The molecule has 1 aromatic carbocycles. The van der Waals surface area contributed by atoms with Crippen LogP contribution in [0.4, 0.5) is 0 Å². The monoisotopic (exact) mass is 410 g/mol. The van der Waals surface area contributed by atoms with Crippen LogP contribution in [-0.2, 0) is 17.6 Å². The third-order valence-electron chi connectivity index (χ3n) is 6.58. The summed E-state index contributed by atoms with van der Waals surface area (Å²) in [6.45, 7) is 6.48. The van der Waals surface area contributed by atoms with Crippen LogP contribution >= 0.6 is 0 Å². The molecule has 7 nitrogen and oxygen atoms in total. The fourth-order valence-corrected chi connectivity index (χ4v) is 4.89. The van der Waals surface area contributed by atoms with Gasteiger partial charge in [-0.3, -0.25) is 9.89 Å². The maximum absolute atomic E-state index is 13.0. The Labute approximate surface area is 177 Å². The quantitative estimate of drug-likeness (QED) is 0.819. The molecule has 0 bridgehead atoms. The van der Waals surface area contributed by atoms with Crippen LogP contribution in [0.5, 0.6) is 5.75 Å². The molecule has 160 valence electrons. The van der Waals surface area contributed by atoms with E-state index < -0.39 is 0 Å². The Bertz CT molecular complexity index is 890. The molecule has 1 atom stereocenters. The number of carbonyl (C=O) groups is 1. The molecule has 2 fully saturated rings. The molecule has 0 radical (unpaired) electrons. The van der Waals surface area contributed by atoms with Gasteiger partial charge in [0.2, 0.25) is 0 Å². The predicted octanol–water partition coefficient (Wildman–Crippen LogP) is 2.24. The van der Waals surface area contributed by atoms with Gasteiger partial charge in [-0.05, 0) is 43.0 Å². The lowest BCUT2D eigenvalue weighted by Gasteiger charge is -2.33. The van der Waals surface area contributed by atoms with Gasteiger partial charge in [0.15, 0.2) is 0 Å². The van der Waals surface area contributed by atoms with Crippen LogP contribution in [0.1, 0.15) is 45.9 Å². The number of rotatable bonds is 5. The van der Waals surface area contributed by atoms with Crippen molar-refractivity contribution in [2.24, 2.45) is 0 Å². The average molecular weight is 411 g/mol. The number of benzene rings is 1. The van der Waals surface area contributed by atoms with Crippen molar-refractivity contribution >= 4 is 5.91 Å². The number of piperidine rings is 1. The molecule has 3 aliphatic rings. The minimum absolute atomic E-state index is 0.0829. The highest BCUT2D eigenvalue weighted by atomic mass is 16.5. The third kappa shape index (κ3) is 4.09. The number of likely N-dealkylation sites (tertiary alicyclic amines) is 1. The zero-order chi connectivity index (χ0) is 20.3. The molecule has 4 heterocycles. The summed E-state index contributed by atoms with van der Waals surface area (Å²) < 4.78 is 11.0. The van der Waals surface area contributed by atoms with Gasteiger partial charge < -0.3 is 19.3 Å². The molecule has 1 aromatic heterocycles. The number of aromatic amines is 1. The fourth-order valence-electron chi connectivity index (χ4n) is 4.89. The Balaban J connectivity index is 1.22. The molecule has 0 spiro atoms. The Morgan fingerprint density at radius 2 is 2.10 bits per heavy atom. The number of nitrogens with one attached hydrogen (secondary N) is 1. The number of fused-ring (bicyclic) bond motifs is 1. The van der Waals surface area contributed by atoms with Gasteiger partial charge in [-0.15, -0.1) is 0 Å². The maximum Gasteiger partial charge on any atom is 0.257 e. The van der Waals surface area contributed by atoms with Crippen molar-refractivity contribution in [1.82, 2.24) is 20.0 Å². The second kappa shape index (κ2) is 8.78. The van der Waals surface area contributed by atoms with E-state index in [1.807, 2.05) is 4.90 Å². The van der Waals surface area contributed by atoms with Crippen molar-refractivity contribution in [3.63, 3.8) is 0 Å². The highest BCUT2D eigenvalue weighted by molar-refractivity contribution is 5.95. The first kappa shape index (κ1) is 19.6. The van der Waals surface area contributed by atoms with Gasteiger partial charge >= 0.3 is 0 Å². The standard InChI is InChI=1S/C23H30N4O3/c28-23(27-9-12-29-13-10-27)20-15-24-25-22(20)19-2-1-7-26(16-19)8-5-17-3-4-21-18(14-17)6-11-30-21/h3-4,14-15,19H,1-2,5-13,16H2,(H,24,25)/t19-/m1/s1. The van der Waals surface area contributed by atoms with E-state index in [2.05, 4.69) is 33.3 Å². The van der Waals surface area contributed by atoms with Gasteiger partial charge in [-0.25, -0.2) is 0 Å². The van der Waals surface area contributed by atoms with E-state index in [9.17, 15) is 4.79 Å². The maximum atomic E-state index is 13.0. The first-order chi connectivity index (χ1) is 14.8. The van der Waals surface area contributed by atoms with Crippen molar-refractivity contribution < 1.29 is 14.3 Å². The molecule has 2 aromatic rings. The summed E-state index contributed by atoms with van der Waals surface area (Å²) in [4.78, 5) is 17.4. The van der Waals surface area contributed by atoms with Crippen molar-refractivity contribution in [2.75, 3.05) is 52.5 Å². The van der Waals surface area contributed by atoms with E-state index >= 15 is 0 Å². The summed E-state index contributed by atoms with van der Waals surface area (Å²) in [5.41, 5.74) is 4.46. The molecule has 7 heteroatoms. The summed E-state index contributed by atoms with van der Waals surface area (Å²) in [5, 5.41) is 7.38. The largest absolute Gasteiger partial charge is 0.493 e. The van der Waals surface area contributed by atoms with Gasteiger partial charge in [0, 0.05) is 38.5 Å². The Morgan fingerprint density at radius 3 is 3.00 bits per heavy atom. The molecule has 0 aliphatic carbocycles. The van der Waals surface area contributed by atoms with E-state index in [-0.39, 0.29) is 5.91 Å². The van der Waals surface area contributed by atoms with E-state index in [0.29, 0.717) is 32.2 Å². The lowest BCUT2D eigenvalue weighted by Crippen LogP contribution is -2.41. The summed E-state index contributed by atoms with van der Waals surface area (Å²) in [6.07, 6.45) is 6.02. The van der Waals surface area contributed by atoms with Crippen molar-refractivity contribution in [2.45, 2.75) is 31.6 Å². The third-order valence-corrected chi connectivity index (χ3v) is 6.58. The van der Waals surface area contributed by atoms with Crippen molar-refractivity contribution in [3.8, 4) is 5.75 Å². The van der Waals surface area contributed by atoms with Crippen LogP contribution in [0.15, 0.2) is 24.4 Å². The van der Waals surface area contributed by atoms with Crippen molar-refractivity contribution in [3.05, 3.63) is 46.8 Å². The average Bonchev–Trinajstić information content (AvgIpc) is 3.47. The number of nitrogens with zero attached hydrogens (tertiary/aromatic N) is 3. The summed E-state index contributed by atoms with van der Waals surface area (Å²) in [7, 11) is 0. The minimum atomic E-state index is 0.0829. The zero-order valence-electron chi connectivity index (χ0n) is 17.4. The fraction of sp³-hybridized carbons (Fsp3) is 0.565. The van der Waals surface area contributed by atoms with Gasteiger partial charge in [0.1, 0.15) is 5.75 Å². The number of morpholine rings is 1. The minimum Gasteiger partial charge on any atom is -0.493 e. The second-order valence-corrected chi connectivity index (χ2v) is 8.53. The highest BCUT2D eigenvalue weighted by Crippen LogP contribution is 2.29. The second-order valence-electron chi connectivity index (χ2n) is 8.53. The SMILES string of the molecule is O=C(c1cn[nH]c1[C@@H]1CCCN(CCc2ccc3c(c2)CCO3)C1)N1CCOCC1. The van der Waals surface area contributed by atoms with Crippen molar-refractivity contribution in [1.29, 1.82) is 0 Å². The molecule has 3 aliphatic heterocycles. The van der Waals surface area contributed by atoms with E-state index in [1.54, 1.807) is 6.20 Å². The van der Waals surface area contributed by atoms with Crippen LogP contribution in [0.25, 0.3) is 0 Å². The molecular weight excluding hydrogens is 380 g/mol. The van der Waals surface area contributed by atoms with Crippen LogP contribution in [-0.4, -0.2) is 78.4 Å². The molecule has 1 amide bonds. The number of aromatic nitrogens is 2.